The molecule has 1 aromatic carbocycles. The molecular formula is C17H22N2O2. The van der Waals surface area contributed by atoms with Gasteiger partial charge < -0.3 is 10.2 Å². The first-order chi connectivity index (χ1) is 10.1. The van der Waals surface area contributed by atoms with E-state index in [0.29, 0.717) is 19.0 Å². The quantitative estimate of drug-likeness (QED) is 0.902. The average molecular weight is 286 g/mol. The summed E-state index contributed by atoms with van der Waals surface area (Å²) in [7, 11) is 0. The lowest BCUT2D eigenvalue weighted by Crippen LogP contribution is -2.34. The molecule has 3 rings (SSSR count). The summed E-state index contributed by atoms with van der Waals surface area (Å²) in [6, 6.07) is 8.32. The molecule has 21 heavy (non-hydrogen) atoms. The van der Waals surface area contributed by atoms with Crippen molar-refractivity contribution in [1.82, 2.24) is 5.32 Å². The lowest BCUT2D eigenvalue weighted by Gasteiger charge is -2.21. The van der Waals surface area contributed by atoms with E-state index in [2.05, 4.69) is 5.32 Å². The molecule has 4 heteroatoms. The second-order valence-electron chi connectivity index (χ2n) is 6.15. The number of benzene rings is 1. The smallest absolute Gasteiger partial charge is 0.230 e. The highest BCUT2D eigenvalue weighted by Gasteiger charge is 2.50. The molecule has 0 radical (unpaired) electrons. The van der Waals surface area contributed by atoms with E-state index in [-0.39, 0.29) is 23.7 Å². The average Bonchev–Trinajstić information content (AvgIpc) is 3.34. The SMILES string of the molecule is CCN(C(=O)C1CC1C(=O)NC1CC1)c1cccc(C)c1. The molecule has 2 unspecified atom stereocenters. The van der Waals surface area contributed by atoms with Gasteiger partial charge in [-0.15, -0.1) is 0 Å². The summed E-state index contributed by atoms with van der Waals surface area (Å²) < 4.78 is 0. The van der Waals surface area contributed by atoms with Crippen LogP contribution in [0.25, 0.3) is 0 Å². The summed E-state index contributed by atoms with van der Waals surface area (Å²) in [5, 5.41) is 3.00. The van der Waals surface area contributed by atoms with Gasteiger partial charge in [-0.2, -0.15) is 0 Å². The van der Waals surface area contributed by atoms with E-state index in [0.717, 1.165) is 24.1 Å². The Morgan fingerprint density at radius 1 is 1.29 bits per heavy atom. The standard InChI is InChI=1S/C17H22N2O2/c1-3-19(13-6-4-5-11(2)9-13)17(21)15-10-14(15)16(20)18-12-7-8-12/h4-6,9,12,14-15H,3,7-8,10H2,1-2H3,(H,18,20). The minimum absolute atomic E-state index is 0.0659. The number of hydrogen-bond acceptors (Lipinski definition) is 2. The van der Waals surface area contributed by atoms with Gasteiger partial charge in [-0.1, -0.05) is 12.1 Å². The van der Waals surface area contributed by atoms with E-state index in [1.807, 2.05) is 38.1 Å². The molecular weight excluding hydrogens is 264 g/mol. The van der Waals surface area contributed by atoms with Crippen LogP contribution in [0.2, 0.25) is 0 Å². The van der Waals surface area contributed by atoms with Crippen LogP contribution in [0.15, 0.2) is 24.3 Å². The number of hydrogen-bond donors (Lipinski definition) is 1. The number of carbonyl (C=O) groups excluding carboxylic acids is 2. The zero-order valence-corrected chi connectivity index (χ0v) is 12.6. The van der Waals surface area contributed by atoms with Gasteiger partial charge in [-0.3, -0.25) is 9.59 Å². The zero-order chi connectivity index (χ0) is 15.0. The number of anilines is 1. The summed E-state index contributed by atoms with van der Waals surface area (Å²) >= 11 is 0. The Balaban J connectivity index is 1.65. The number of aryl methyl sites for hydroxylation is 1. The summed E-state index contributed by atoms with van der Waals surface area (Å²) in [6.45, 7) is 4.63. The lowest BCUT2D eigenvalue weighted by atomic mass is 10.2. The molecule has 2 aliphatic rings. The molecule has 2 aliphatic carbocycles. The fourth-order valence-corrected chi connectivity index (χ4v) is 2.76. The predicted octanol–water partition coefficient (Wildman–Crippen LogP) is 2.26. The molecule has 2 fully saturated rings. The first kappa shape index (κ1) is 14.1. The third-order valence-electron chi connectivity index (χ3n) is 4.26. The van der Waals surface area contributed by atoms with Crippen molar-refractivity contribution >= 4 is 17.5 Å². The van der Waals surface area contributed by atoms with E-state index in [1.54, 1.807) is 4.90 Å². The molecule has 2 amide bonds. The fourth-order valence-electron chi connectivity index (χ4n) is 2.76. The second-order valence-corrected chi connectivity index (χ2v) is 6.15. The first-order valence-corrected chi connectivity index (χ1v) is 7.78. The Kier molecular flexibility index (Phi) is 3.70. The van der Waals surface area contributed by atoms with Crippen molar-refractivity contribution in [2.24, 2.45) is 11.8 Å². The van der Waals surface area contributed by atoms with Crippen molar-refractivity contribution in [2.75, 3.05) is 11.4 Å². The van der Waals surface area contributed by atoms with Crippen LogP contribution in [-0.4, -0.2) is 24.4 Å². The molecule has 112 valence electrons. The summed E-state index contributed by atoms with van der Waals surface area (Å²) in [5.41, 5.74) is 2.06. The molecule has 0 aromatic heterocycles. The Labute approximate surface area is 125 Å². The molecule has 0 bridgehead atoms. The van der Waals surface area contributed by atoms with Crippen molar-refractivity contribution in [3.8, 4) is 0 Å². The molecule has 0 spiro atoms. The van der Waals surface area contributed by atoms with Crippen LogP contribution in [0.1, 0.15) is 31.7 Å². The molecule has 0 saturated heterocycles. The van der Waals surface area contributed by atoms with Crippen molar-refractivity contribution in [3.05, 3.63) is 29.8 Å². The van der Waals surface area contributed by atoms with Crippen LogP contribution in [0, 0.1) is 18.8 Å². The molecule has 0 heterocycles. The Morgan fingerprint density at radius 3 is 2.67 bits per heavy atom. The van der Waals surface area contributed by atoms with Gasteiger partial charge in [-0.25, -0.2) is 0 Å². The summed E-state index contributed by atoms with van der Waals surface area (Å²) in [6.07, 6.45) is 2.86. The maximum atomic E-state index is 12.6. The zero-order valence-electron chi connectivity index (χ0n) is 12.6. The maximum absolute atomic E-state index is 12.6. The van der Waals surface area contributed by atoms with Crippen LogP contribution in [-0.2, 0) is 9.59 Å². The van der Waals surface area contributed by atoms with Gasteiger partial charge in [0.1, 0.15) is 0 Å². The topological polar surface area (TPSA) is 49.4 Å². The van der Waals surface area contributed by atoms with Crippen molar-refractivity contribution in [1.29, 1.82) is 0 Å². The van der Waals surface area contributed by atoms with Crippen LogP contribution in [0.3, 0.4) is 0 Å². The first-order valence-electron chi connectivity index (χ1n) is 7.78. The van der Waals surface area contributed by atoms with Crippen LogP contribution >= 0.6 is 0 Å². The van der Waals surface area contributed by atoms with Gasteiger partial charge in [0.2, 0.25) is 11.8 Å². The molecule has 0 aliphatic heterocycles. The monoisotopic (exact) mass is 286 g/mol. The van der Waals surface area contributed by atoms with Crippen LogP contribution < -0.4 is 10.2 Å². The number of carbonyl (C=O) groups is 2. The molecule has 1 N–H and O–H groups in total. The van der Waals surface area contributed by atoms with E-state index in [9.17, 15) is 9.59 Å². The number of nitrogens with zero attached hydrogens (tertiary/aromatic N) is 1. The third-order valence-corrected chi connectivity index (χ3v) is 4.26. The van der Waals surface area contributed by atoms with Crippen molar-refractivity contribution < 1.29 is 9.59 Å². The summed E-state index contributed by atoms with van der Waals surface area (Å²) in [4.78, 5) is 26.4. The largest absolute Gasteiger partial charge is 0.353 e. The Hall–Kier alpha value is -1.84. The maximum Gasteiger partial charge on any atom is 0.230 e. The molecule has 2 saturated carbocycles. The van der Waals surface area contributed by atoms with Gasteiger partial charge in [0.25, 0.3) is 0 Å². The highest BCUT2D eigenvalue weighted by Crippen LogP contribution is 2.41. The van der Waals surface area contributed by atoms with E-state index in [4.69, 9.17) is 0 Å². The Bertz CT molecular complexity index is 566. The van der Waals surface area contributed by atoms with Gasteiger partial charge in [0.05, 0.1) is 11.8 Å². The normalized spacial score (nSPS) is 23.5. The second kappa shape index (κ2) is 5.51. The number of rotatable bonds is 5. The van der Waals surface area contributed by atoms with Gasteiger partial charge in [0.15, 0.2) is 0 Å². The van der Waals surface area contributed by atoms with E-state index in [1.165, 1.54) is 0 Å². The third kappa shape index (κ3) is 3.09. The lowest BCUT2D eigenvalue weighted by molar-refractivity contribution is -0.126. The molecule has 2 atom stereocenters. The number of nitrogens with one attached hydrogen (secondary N) is 1. The molecule has 1 aromatic rings. The minimum Gasteiger partial charge on any atom is -0.353 e. The number of amides is 2. The Morgan fingerprint density at radius 2 is 2.05 bits per heavy atom. The fraction of sp³-hybridized carbons (Fsp3) is 0.529. The van der Waals surface area contributed by atoms with Crippen molar-refractivity contribution in [3.63, 3.8) is 0 Å². The highest BCUT2D eigenvalue weighted by molar-refractivity contribution is 6.01. The summed E-state index contributed by atoms with van der Waals surface area (Å²) in [5.74, 6) is -0.101. The van der Waals surface area contributed by atoms with Crippen molar-refractivity contribution in [2.45, 2.75) is 39.2 Å². The van der Waals surface area contributed by atoms with E-state index < -0.39 is 0 Å². The minimum atomic E-state index is -0.135. The van der Waals surface area contributed by atoms with Gasteiger partial charge >= 0.3 is 0 Å². The van der Waals surface area contributed by atoms with E-state index >= 15 is 0 Å². The highest BCUT2D eigenvalue weighted by atomic mass is 16.2. The van der Waals surface area contributed by atoms with Crippen LogP contribution in [0.5, 0.6) is 0 Å². The molecule has 4 nitrogen and oxygen atoms in total. The van der Waals surface area contributed by atoms with Crippen LogP contribution in [0.4, 0.5) is 5.69 Å². The van der Waals surface area contributed by atoms with Gasteiger partial charge in [0, 0.05) is 18.3 Å². The predicted molar refractivity (Wildman–Crippen MR) is 82.0 cm³/mol. The van der Waals surface area contributed by atoms with Gasteiger partial charge in [-0.05, 0) is 50.8 Å².